The number of aliphatic hydroxyl groups excluding tert-OH is 1. The highest BCUT2D eigenvalue weighted by molar-refractivity contribution is 4.90. The van der Waals surface area contributed by atoms with E-state index < -0.39 is 0 Å². The summed E-state index contributed by atoms with van der Waals surface area (Å²) in [7, 11) is 0. The van der Waals surface area contributed by atoms with Gasteiger partial charge in [-0.05, 0) is 31.6 Å². The molecule has 3 nitrogen and oxygen atoms in total. The molecule has 1 aliphatic heterocycles. The summed E-state index contributed by atoms with van der Waals surface area (Å²) < 4.78 is 0. The Hall–Kier alpha value is -0.120. The SMILES string of the molecule is CCCC(N)C(CO)N1CC(C)CC(C)C1C. The van der Waals surface area contributed by atoms with Crippen molar-refractivity contribution in [2.75, 3.05) is 13.2 Å². The molecule has 0 bridgehead atoms. The topological polar surface area (TPSA) is 49.5 Å². The highest BCUT2D eigenvalue weighted by Gasteiger charge is 2.35. The van der Waals surface area contributed by atoms with Gasteiger partial charge in [-0.25, -0.2) is 0 Å². The molecular formula is C14H30N2O. The third kappa shape index (κ3) is 3.67. The van der Waals surface area contributed by atoms with E-state index in [2.05, 4.69) is 32.6 Å². The summed E-state index contributed by atoms with van der Waals surface area (Å²) in [5.74, 6) is 1.41. The van der Waals surface area contributed by atoms with Gasteiger partial charge in [-0.3, -0.25) is 4.90 Å². The number of nitrogens with zero attached hydrogens (tertiary/aromatic N) is 1. The molecule has 0 radical (unpaired) electrons. The van der Waals surface area contributed by atoms with Gasteiger partial charge in [0.25, 0.3) is 0 Å². The van der Waals surface area contributed by atoms with Gasteiger partial charge < -0.3 is 10.8 Å². The molecule has 1 aliphatic rings. The largest absolute Gasteiger partial charge is 0.395 e. The normalized spacial score (nSPS) is 34.6. The molecule has 3 heteroatoms. The predicted octanol–water partition coefficient (Wildman–Crippen LogP) is 1.84. The van der Waals surface area contributed by atoms with Crippen molar-refractivity contribution in [1.82, 2.24) is 4.90 Å². The quantitative estimate of drug-likeness (QED) is 0.773. The molecule has 3 N–H and O–H groups in total. The van der Waals surface area contributed by atoms with Crippen LogP contribution in [0.5, 0.6) is 0 Å². The van der Waals surface area contributed by atoms with Crippen LogP contribution in [-0.2, 0) is 0 Å². The zero-order valence-corrected chi connectivity index (χ0v) is 11.9. The fraction of sp³-hybridized carbons (Fsp3) is 1.00. The van der Waals surface area contributed by atoms with Crippen LogP contribution in [0.4, 0.5) is 0 Å². The maximum atomic E-state index is 9.64. The Balaban J connectivity index is 2.71. The lowest BCUT2D eigenvalue weighted by molar-refractivity contribution is 0.00521. The van der Waals surface area contributed by atoms with Crippen molar-refractivity contribution in [2.24, 2.45) is 17.6 Å². The van der Waals surface area contributed by atoms with Crippen molar-refractivity contribution in [1.29, 1.82) is 0 Å². The minimum absolute atomic E-state index is 0.102. The van der Waals surface area contributed by atoms with E-state index in [9.17, 15) is 5.11 Å². The van der Waals surface area contributed by atoms with E-state index in [0.717, 1.165) is 19.4 Å². The Labute approximate surface area is 106 Å². The Morgan fingerprint density at radius 2 is 2.00 bits per heavy atom. The molecule has 1 fully saturated rings. The number of hydrogen-bond acceptors (Lipinski definition) is 3. The summed E-state index contributed by atoms with van der Waals surface area (Å²) in [5, 5.41) is 9.64. The van der Waals surface area contributed by atoms with Crippen molar-refractivity contribution in [3.05, 3.63) is 0 Å². The number of hydrogen-bond donors (Lipinski definition) is 2. The number of rotatable bonds is 5. The first-order valence-electron chi connectivity index (χ1n) is 7.13. The van der Waals surface area contributed by atoms with Crippen LogP contribution in [-0.4, -0.2) is 41.3 Å². The smallest absolute Gasteiger partial charge is 0.0602 e. The number of aliphatic hydroxyl groups is 1. The van der Waals surface area contributed by atoms with E-state index >= 15 is 0 Å². The van der Waals surface area contributed by atoms with E-state index in [1.165, 1.54) is 6.42 Å². The molecule has 1 saturated heterocycles. The molecule has 17 heavy (non-hydrogen) atoms. The van der Waals surface area contributed by atoms with Gasteiger partial charge in [-0.15, -0.1) is 0 Å². The molecule has 1 heterocycles. The van der Waals surface area contributed by atoms with Crippen LogP contribution in [0.15, 0.2) is 0 Å². The van der Waals surface area contributed by atoms with Crippen LogP contribution in [0.2, 0.25) is 0 Å². The lowest BCUT2D eigenvalue weighted by Gasteiger charge is -2.46. The van der Waals surface area contributed by atoms with Crippen LogP contribution in [0.25, 0.3) is 0 Å². The lowest BCUT2D eigenvalue weighted by Crippen LogP contribution is -2.58. The summed E-state index contributed by atoms with van der Waals surface area (Å²) in [6, 6.07) is 0.770. The molecule has 1 rings (SSSR count). The number of nitrogens with two attached hydrogens (primary N) is 1. The highest BCUT2D eigenvalue weighted by Crippen LogP contribution is 2.29. The van der Waals surface area contributed by atoms with Gasteiger partial charge in [0.05, 0.1) is 6.61 Å². The second kappa shape index (κ2) is 6.72. The fourth-order valence-electron chi connectivity index (χ4n) is 3.21. The molecule has 5 unspecified atom stereocenters. The fourth-order valence-corrected chi connectivity index (χ4v) is 3.21. The van der Waals surface area contributed by atoms with Gasteiger partial charge >= 0.3 is 0 Å². The molecular weight excluding hydrogens is 212 g/mol. The minimum atomic E-state index is 0.102. The van der Waals surface area contributed by atoms with Crippen LogP contribution in [0.1, 0.15) is 47.0 Å². The van der Waals surface area contributed by atoms with Gasteiger partial charge in [0.1, 0.15) is 0 Å². The lowest BCUT2D eigenvalue weighted by atomic mass is 9.84. The van der Waals surface area contributed by atoms with Crippen molar-refractivity contribution in [3.8, 4) is 0 Å². The van der Waals surface area contributed by atoms with Crippen LogP contribution < -0.4 is 5.73 Å². The molecule has 0 aliphatic carbocycles. The number of likely N-dealkylation sites (tertiary alicyclic amines) is 1. The van der Waals surface area contributed by atoms with Crippen molar-refractivity contribution in [3.63, 3.8) is 0 Å². The van der Waals surface area contributed by atoms with E-state index in [1.807, 2.05) is 0 Å². The summed E-state index contributed by atoms with van der Waals surface area (Å²) in [6.07, 6.45) is 3.38. The highest BCUT2D eigenvalue weighted by atomic mass is 16.3. The van der Waals surface area contributed by atoms with E-state index in [1.54, 1.807) is 0 Å². The number of piperidine rings is 1. The summed E-state index contributed by atoms with van der Waals surface area (Å²) >= 11 is 0. The average Bonchev–Trinajstić information content (AvgIpc) is 2.26. The Morgan fingerprint density at radius 1 is 1.35 bits per heavy atom. The van der Waals surface area contributed by atoms with Crippen molar-refractivity contribution < 1.29 is 5.11 Å². The molecule has 0 aromatic heterocycles. The van der Waals surface area contributed by atoms with Crippen LogP contribution in [0.3, 0.4) is 0 Å². The van der Waals surface area contributed by atoms with Crippen LogP contribution in [0, 0.1) is 11.8 Å². The maximum absolute atomic E-state index is 9.64. The third-order valence-electron chi connectivity index (χ3n) is 4.37. The monoisotopic (exact) mass is 242 g/mol. The first-order valence-corrected chi connectivity index (χ1v) is 7.13. The molecule has 0 aromatic carbocycles. The zero-order valence-electron chi connectivity index (χ0n) is 11.9. The summed E-state index contributed by atoms with van der Waals surface area (Å²) in [4.78, 5) is 2.44. The predicted molar refractivity (Wildman–Crippen MR) is 72.9 cm³/mol. The minimum Gasteiger partial charge on any atom is -0.395 e. The maximum Gasteiger partial charge on any atom is 0.0602 e. The molecule has 102 valence electrons. The van der Waals surface area contributed by atoms with Gasteiger partial charge in [0, 0.05) is 24.7 Å². The second-order valence-electron chi connectivity index (χ2n) is 5.96. The second-order valence-corrected chi connectivity index (χ2v) is 5.96. The Morgan fingerprint density at radius 3 is 2.53 bits per heavy atom. The molecule has 0 aromatic rings. The summed E-state index contributed by atoms with van der Waals surface area (Å²) in [6.45, 7) is 10.3. The molecule has 5 atom stereocenters. The summed E-state index contributed by atoms with van der Waals surface area (Å²) in [5.41, 5.74) is 6.22. The van der Waals surface area contributed by atoms with E-state index in [0.29, 0.717) is 17.9 Å². The van der Waals surface area contributed by atoms with E-state index in [-0.39, 0.29) is 18.7 Å². The first kappa shape index (κ1) is 14.9. The zero-order chi connectivity index (χ0) is 13.0. The van der Waals surface area contributed by atoms with Gasteiger partial charge in [0.2, 0.25) is 0 Å². The first-order chi connectivity index (χ1) is 8.01. The Kier molecular flexibility index (Phi) is 5.90. The standard InChI is InChI=1S/C14H30N2O/c1-5-6-13(15)14(9-17)16-8-10(2)7-11(3)12(16)4/h10-14,17H,5-9,15H2,1-4H3. The third-order valence-corrected chi connectivity index (χ3v) is 4.37. The van der Waals surface area contributed by atoms with E-state index in [4.69, 9.17) is 5.73 Å². The van der Waals surface area contributed by atoms with Crippen molar-refractivity contribution in [2.45, 2.75) is 65.1 Å². The average molecular weight is 242 g/mol. The molecule has 0 spiro atoms. The molecule has 0 saturated carbocycles. The molecule has 0 amide bonds. The Bertz CT molecular complexity index is 222. The van der Waals surface area contributed by atoms with Gasteiger partial charge in [-0.1, -0.05) is 27.2 Å². The van der Waals surface area contributed by atoms with Crippen molar-refractivity contribution >= 4 is 0 Å². The van der Waals surface area contributed by atoms with Gasteiger partial charge in [0.15, 0.2) is 0 Å². The van der Waals surface area contributed by atoms with Crippen LogP contribution >= 0.6 is 0 Å². The van der Waals surface area contributed by atoms with Gasteiger partial charge in [-0.2, -0.15) is 0 Å².